The van der Waals surface area contributed by atoms with Crippen molar-refractivity contribution in [2.24, 2.45) is 0 Å². The maximum atomic E-state index is 11.0. The minimum Gasteiger partial charge on any atom is -0.480 e. The van der Waals surface area contributed by atoms with Crippen molar-refractivity contribution < 1.29 is 14.7 Å². The van der Waals surface area contributed by atoms with Crippen LogP contribution in [-0.4, -0.2) is 34.5 Å². The number of benzene rings is 1. The molecule has 1 amide bonds. The number of carboxylic acids is 1. The van der Waals surface area contributed by atoms with E-state index in [1.165, 1.54) is 18.1 Å². The van der Waals surface area contributed by atoms with Gasteiger partial charge in [0.2, 0.25) is 5.91 Å². The third kappa shape index (κ3) is 3.50. The highest BCUT2D eigenvalue weighted by Crippen LogP contribution is 2.36. The number of carbonyl (C=O) groups excluding carboxylic acids is 1. The first-order chi connectivity index (χ1) is 9.08. The lowest BCUT2D eigenvalue weighted by atomic mass is 9.79. The molecular weight excluding hydrogens is 262 g/mol. The van der Waals surface area contributed by atoms with Gasteiger partial charge in [-0.05, 0) is 23.5 Å². The lowest BCUT2D eigenvalue weighted by molar-refractivity contribution is -0.140. The number of amides is 1. The summed E-state index contributed by atoms with van der Waals surface area (Å²) in [7, 11) is 0. The van der Waals surface area contributed by atoms with Crippen molar-refractivity contribution in [3.05, 3.63) is 35.4 Å². The highest BCUT2D eigenvalue weighted by molar-refractivity contribution is 7.99. The standard InChI is InChI=1S/C14H17NO3S/c1-9(16)15-13(14(17)18)8-19-7-11-6-10-4-2-3-5-12(10)11/h2-5,11,13H,6-8H2,1H3,(H,15,16)(H,17,18)/t11?,13-/m0/s1. The second kappa shape index (κ2) is 6.10. The molecule has 0 spiro atoms. The number of carboxylic acid groups (broad SMARTS) is 1. The first kappa shape index (κ1) is 13.9. The Balaban J connectivity index is 1.78. The van der Waals surface area contributed by atoms with Crippen molar-refractivity contribution in [1.29, 1.82) is 0 Å². The van der Waals surface area contributed by atoms with Crippen molar-refractivity contribution >= 4 is 23.6 Å². The Bertz CT molecular complexity index is 489. The van der Waals surface area contributed by atoms with Crippen LogP contribution in [0.15, 0.2) is 24.3 Å². The van der Waals surface area contributed by atoms with Gasteiger partial charge in [0.1, 0.15) is 6.04 Å². The molecule has 0 saturated carbocycles. The van der Waals surface area contributed by atoms with Crippen LogP contribution in [0.1, 0.15) is 24.0 Å². The monoisotopic (exact) mass is 279 g/mol. The fourth-order valence-corrected chi connectivity index (χ4v) is 3.44. The van der Waals surface area contributed by atoms with Crippen molar-refractivity contribution in [2.75, 3.05) is 11.5 Å². The summed E-state index contributed by atoms with van der Waals surface area (Å²) in [5, 5.41) is 11.4. The summed E-state index contributed by atoms with van der Waals surface area (Å²) >= 11 is 1.58. The van der Waals surface area contributed by atoms with Crippen molar-refractivity contribution in [3.8, 4) is 0 Å². The first-order valence-corrected chi connectivity index (χ1v) is 7.39. The van der Waals surface area contributed by atoms with E-state index in [0.29, 0.717) is 11.7 Å². The van der Waals surface area contributed by atoms with Gasteiger partial charge in [-0.2, -0.15) is 11.8 Å². The van der Waals surface area contributed by atoms with Gasteiger partial charge in [-0.25, -0.2) is 4.79 Å². The third-order valence-corrected chi connectivity index (χ3v) is 4.45. The van der Waals surface area contributed by atoms with Gasteiger partial charge in [0.05, 0.1) is 0 Å². The predicted molar refractivity (Wildman–Crippen MR) is 75.5 cm³/mol. The van der Waals surface area contributed by atoms with Crippen LogP contribution < -0.4 is 5.32 Å². The van der Waals surface area contributed by atoms with Crippen molar-refractivity contribution in [3.63, 3.8) is 0 Å². The zero-order valence-electron chi connectivity index (χ0n) is 10.8. The summed E-state index contributed by atoms with van der Waals surface area (Å²) < 4.78 is 0. The van der Waals surface area contributed by atoms with Gasteiger partial charge in [-0.1, -0.05) is 24.3 Å². The fourth-order valence-electron chi connectivity index (χ4n) is 2.26. The van der Waals surface area contributed by atoms with E-state index in [1.807, 2.05) is 12.1 Å². The van der Waals surface area contributed by atoms with Crippen LogP contribution in [0, 0.1) is 0 Å². The van der Waals surface area contributed by atoms with Crippen molar-refractivity contribution in [1.82, 2.24) is 5.32 Å². The van der Waals surface area contributed by atoms with Crippen LogP contribution in [0.5, 0.6) is 0 Å². The molecule has 0 aromatic heterocycles. The van der Waals surface area contributed by atoms with E-state index >= 15 is 0 Å². The number of rotatable bonds is 6. The van der Waals surface area contributed by atoms with Gasteiger partial charge in [-0.3, -0.25) is 4.79 Å². The third-order valence-electron chi connectivity index (χ3n) is 3.24. The molecule has 0 radical (unpaired) electrons. The molecule has 19 heavy (non-hydrogen) atoms. The molecule has 0 aliphatic heterocycles. The largest absolute Gasteiger partial charge is 0.480 e. The first-order valence-electron chi connectivity index (χ1n) is 6.23. The molecule has 5 heteroatoms. The van der Waals surface area contributed by atoms with E-state index in [9.17, 15) is 9.59 Å². The molecule has 0 heterocycles. The van der Waals surface area contributed by atoms with Gasteiger partial charge in [0.15, 0.2) is 0 Å². The highest BCUT2D eigenvalue weighted by atomic mass is 32.2. The van der Waals surface area contributed by atoms with E-state index in [2.05, 4.69) is 17.4 Å². The Morgan fingerprint density at radius 3 is 2.84 bits per heavy atom. The summed E-state index contributed by atoms with van der Waals surface area (Å²) in [6.45, 7) is 1.34. The van der Waals surface area contributed by atoms with Gasteiger partial charge >= 0.3 is 5.97 Å². The van der Waals surface area contributed by atoms with Gasteiger partial charge < -0.3 is 10.4 Å². The van der Waals surface area contributed by atoms with Crippen LogP contribution in [0.3, 0.4) is 0 Å². The maximum absolute atomic E-state index is 11.0. The Hall–Kier alpha value is -1.49. The minimum atomic E-state index is -0.975. The molecule has 1 aliphatic rings. The van der Waals surface area contributed by atoms with Crippen LogP contribution >= 0.6 is 11.8 Å². The van der Waals surface area contributed by atoms with Gasteiger partial charge in [-0.15, -0.1) is 0 Å². The molecule has 102 valence electrons. The summed E-state index contributed by atoms with van der Waals surface area (Å²) in [4.78, 5) is 21.9. The van der Waals surface area contributed by atoms with E-state index in [1.54, 1.807) is 11.8 Å². The number of nitrogens with one attached hydrogen (secondary N) is 1. The SMILES string of the molecule is CC(=O)N[C@@H](CSCC1Cc2ccccc21)C(=O)O. The molecule has 1 unspecified atom stereocenters. The Labute approximate surface area is 116 Å². The number of carbonyl (C=O) groups is 2. The maximum Gasteiger partial charge on any atom is 0.327 e. The molecular formula is C14H17NO3S. The van der Waals surface area contributed by atoms with E-state index in [0.717, 1.165) is 12.2 Å². The highest BCUT2D eigenvalue weighted by Gasteiger charge is 2.26. The molecule has 4 nitrogen and oxygen atoms in total. The lowest BCUT2D eigenvalue weighted by Gasteiger charge is -2.30. The van der Waals surface area contributed by atoms with Crippen LogP contribution in [0.4, 0.5) is 0 Å². The molecule has 0 saturated heterocycles. The summed E-state index contributed by atoms with van der Waals surface area (Å²) in [6, 6.07) is 7.55. The van der Waals surface area contributed by atoms with E-state index in [-0.39, 0.29) is 5.91 Å². The van der Waals surface area contributed by atoms with E-state index in [4.69, 9.17) is 5.11 Å². The summed E-state index contributed by atoms with van der Waals surface area (Å²) in [5.74, 6) is 0.556. The topological polar surface area (TPSA) is 66.4 Å². The lowest BCUT2D eigenvalue weighted by Crippen LogP contribution is -2.41. The molecule has 1 aliphatic carbocycles. The fraction of sp³-hybridized carbons (Fsp3) is 0.429. The smallest absolute Gasteiger partial charge is 0.327 e. The number of fused-ring (bicyclic) bond motifs is 1. The Kier molecular flexibility index (Phi) is 4.47. The predicted octanol–water partition coefficient (Wildman–Crippen LogP) is 1.65. The van der Waals surface area contributed by atoms with E-state index < -0.39 is 12.0 Å². The number of aliphatic carboxylic acids is 1. The average molecular weight is 279 g/mol. The molecule has 2 rings (SSSR count). The molecule has 2 N–H and O–H groups in total. The second-order valence-corrected chi connectivity index (χ2v) is 5.80. The Morgan fingerprint density at radius 1 is 1.47 bits per heavy atom. The van der Waals surface area contributed by atoms with Crippen LogP contribution in [0.25, 0.3) is 0 Å². The number of hydrogen-bond donors (Lipinski definition) is 2. The zero-order valence-corrected chi connectivity index (χ0v) is 11.6. The molecule has 2 atom stereocenters. The molecule has 1 aromatic carbocycles. The van der Waals surface area contributed by atoms with Crippen molar-refractivity contribution in [2.45, 2.75) is 25.3 Å². The summed E-state index contributed by atoms with van der Waals surface area (Å²) in [6.07, 6.45) is 1.07. The van der Waals surface area contributed by atoms with Crippen LogP contribution in [0.2, 0.25) is 0 Å². The zero-order chi connectivity index (χ0) is 13.8. The van der Waals surface area contributed by atoms with Gasteiger partial charge in [0.25, 0.3) is 0 Å². The normalized spacial score (nSPS) is 18.1. The minimum absolute atomic E-state index is 0.304. The molecule has 1 aromatic rings. The number of hydrogen-bond acceptors (Lipinski definition) is 3. The summed E-state index contributed by atoms with van der Waals surface area (Å²) in [5.41, 5.74) is 2.77. The molecule has 0 bridgehead atoms. The quantitative estimate of drug-likeness (QED) is 0.831. The second-order valence-electron chi connectivity index (χ2n) is 4.73. The average Bonchev–Trinajstić information content (AvgIpc) is 2.32. The number of thioether (sulfide) groups is 1. The molecule has 0 fully saturated rings. The van der Waals surface area contributed by atoms with Crippen LogP contribution in [-0.2, 0) is 16.0 Å². The Morgan fingerprint density at radius 2 is 2.21 bits per heavy atom. The van der Waals surface area contributed by atoms with Gasteiger partial charge in [0, 0.05) is 18.4 Å².